The highest BCUT2D eigenvalue weighted by molar-refractivity contribution is 6.01. The van der Waals surface area contributed by atoms with Crippen molar-refractivity contribution < 1.29 is 34.4 Å². The van der Waals surface area contributed by atoms with Crippen molar-refractivity contribution in [2.45, 2.75) is 63.0 Å². The third-order valence-electron chi connectivity index (χ3n) is 8.43. The van der Waals surface area contributed by atoms with Gasteiger partial charge in [-0.1, -0.05) is 18.6 Å². The monoisotopic (exact) mass is 394 g/mol. The van der Waals surface area contributed by atoms with Crippen molar-refractivity contribution in [3.05, 3.63) is 23.8 Å². The molecule has 0 amide bonds. The summed E-state index contributed by atoms with van der Waals surface area (Å²) in [6, 6.07) is 0. The lowest BCUT2D eigenvalue weighted by Crippen LogP contribution is -2.69. The topological polar surface area (TPSA) is 115 Å². The minimum Gasteiger partial charge on any atom is -0.390 e. The number of alkyl halides is 1. The molecule has 0 unspecified atom stereocenters. The summed E-state index contributed by atoms with van der Waals surface area (Å²) in [5.41, 5.74) is -6.12. The van der Waals surface area contributed by atoms with Crippen LogP contribution in [0.25, 0.3) is 0 Å². The number of allylic oxidation sites excluding steroid dienone is 4. The Morgan fingerprint density at radius 2 is 1.93 bits per heavy atom. The first-order valence-corrected chi connectivity index (χ1v) is 9.82. The van der Waals surface area contributed by atoms with Crippen LogP contribution in [-0.4, -0.2) is 62.1 Å². The minimum absolute atomic E-state index is 0.0135. The SMILES string of the molecule is C[C@]12C=CC(=O)C=C1CC[C@H]1[C@@H]3C[C@H](O)[C@@](O)(C(=O)CO)[C@@]3(C)C[C@H](O)[C@@]12F. The Morgan fingerprint density at radius 1 is 1.25 bits per heavy atom. The molecule has 7 heteroatoms. The van der Waals surface area contributed by atoms with Gasteiger partial charge in [0.15, 0.2) is 22.8 Å². The quantitative estimate of drug-likeness (QED) is 0.546. The minimum atomic E-state index is -2.23. The molecule has 4 rings (SSSR count). The second kappa shape index (κ2) is 5.81. The molecule has 8 atom stereocenters. The van der Waals surface area contributed by atoms with Gasteiger partial charge in [0.05, 0.1) is 12.2 Å². The zero-order valence-corrected chi connectivity index (χ0v) is 16.1. The van der Waals surface area contributed by atoms with Gasteiger partial charge >= 0.3 is 0 Å². The number of aliphatic hydroxyl groups is 4. The van der Waals surface area contributed by atoms with Crippen LogP contribution in [-0.2, 0) is 9.59 Å². The molecule has 0 saturated heterocycles. The van der Waals surface area contributed by atoms with Crippen LogP contribution in [0.3, 0.4) is 0 Å². The van der Waals surface area contributed by atoms with Crippen molar-refractivity contribution in [3.8, 4) is 0 Å². The second-order valence-corrected chi connectivity index (χ2v) is 9.36. The van der Waals surface area contributed by atoms with E-state index >= 15 is 4.39 Å². The summed E-state index contributed by atoms with van der Waals surface area (Å²) in [6.45, 7) is 2.33. The molecule has 0 aromatic carbocycles. The fraction of sp³-hybridized carbons (Fsp3) is 0.714. The van der Waals surface area contributed by atoms with E-state index in [0.29, 0.717) is 18.4 Å². The maximum absolute atomic E-state index is 16.8. The fourth-order valence-electron chi connectivity index (χ4n) is 6.85. The van der Waals surface area contributed by atoms with Crippen LogP contribution in [0.5, 0.6) is 0 Å². The standard InChI is InChI=1S/C21H27FO6/c1-18-6-5-12(24)7-11(18)3-4-13-14-8-15(25)21(28,17(27)10-23)19(14,2)9-16(26)20(13,18)22/h5-7,13-16,23,25-26,28H,3-4,8-10H2,1-2H3/t13-,14-,15-,16-,18-,19-,20-,21+/m0/s1. The summed E-state index contributed by atoms with van der Waals surface area (Å²) in [5, 5.41) is 42.1. The molecule has 0 radical (unpaired) electrons. The van der Waals surface area contributed by atoms with Crippen LogP contribution in [0, 0.1) is 22.7 Å². The van der Waals surface area contributed by atoms with E-state index in [9.17, 15) is 30.0 Å². The third-order valence-corrected chi connectivity index (χ3v) is 8.43. The first-order valence-electron chi connectivity index (χ1n) is 9.82. The molecule has 3 fully saturated rings. The fourth-order valence-corrected chi connectivity index (χ4v) is 6.85. The predicted molar refractivity (Wildman–Crippen MR) is 96.8 cm³/mol. The summed E-state index contributed by atoms with van der Waals surface area (Å²) >= 11 is 0. The number of Topliss-reactive ketones (excluding diaryl/α,β-unsaturated/α-hetero) is 1. The van der Waals surface area contributed by atoms with E-state index in [-0.39, 0.29) is 18.6 Å². The molecule has 0 aromatic rings. The molecule has 0 aliphatic heterocycles. The number of fused-ring (bicyclic) bond motifs is 5. The van der Waals surface area contributed by atoms with Crippen molar-refractivity contribution in [2.24, 2.45) is 22.7 Å². The molecule has 0 heterocycles. The predicted octanol–water partition coefficient (Wildman–Crippen LogP) is 0.620. The molecular weight excluding hydrogens is 367 g/mol. The summed E-state index contributed by atoms with van der Waals surface area (Å²) in [7, 11) is 0. The van der Waals surface area contributed by atoms with E-state index in [1.807, 2.05) is 0 Å². The molecule has 154 valence electrons. The van der Waals surface area contributed by atoms with Gasteiger partial charge in [0.25, 0.3) is 0 Å². The van der Waals surface area contributed by atoms with Crippen LogP contribution >= 0.6 is 0 Å². The largest absolute Gasteiger partial charge is 0.390 e. The number of hydrogen-bond acceptors (Lipinski definition) is 6. The van der Waals surface area contributed by atoms with Crippen LogP contribution < -0.4 is 0 Å². The lowest BCUT2D eigenvalue weighted by atomic mass is 9.44. The van der Waals surface area contributed by atoms with Gasteiger partial charge in [0, 0.05) is 16.7 Å². The van der Waals surface area contributed by atoms with Gasteiger partial charge in [-0.05, 0) is 50.7 Å². The molecule has 4 aliphatic carbocycles. The van der Waals surface area contributed by atoms with Gasteiger partial charge in [-0.3, -0.25) is 9.59 Å². The van der Waals surface area contributed by atoms with Gasteiger partial charge in [-0.2, -0.15) is 0 Å². The molecule has 0 aromatic heterocycles. The Kier molecular flexibility index (Phi) is 4.13. The van der Waals surface area contributed by atoms with Crippen LogP contribution in [0.4, 0.5) is 4.39 Å². The average Bonchev–Trinajstić information content (AvgIpc) is 2.84. The van der Waals surface area contributed by atoms with E-state index in [2.05, 4.69) is 0 Å². The van der Waals surface area contributed by atoms with Crippen molar-refractivity contribution in [1.82, 2.24) is 0 Å². The van der Waals surface area contributed by atoms with Crippen molar-refractivity contribution in [2.75, 3.05) is 6.61 Å². The number of halogens is 1. The van der Waals surface area contributed by atoms with Crippen molar-refractivity contribution >= 4 is 11.6 Å². The molecule has 4 N–H and O–H groups in total. The van der Waals surface area contributed by atoms with Crippen molar-refractivity contribution in [3.63, 3.8) is 0 Å². The highest BCUT2D eigenvalue weighted by Gasteiger charge is 2.76. The number of carbonyl (C=O) groups excluding carboxylic acids is 2. The second-order valence-electron chi connectivity index (χ2n) is 9.36. The van der Waals surface area contributed by atoms with Crippen LogP contribution in [0.15, 0.2) is 23.8 Å². The van der Waals surface area contributed by atoms with Gasteiger partial charge in [0.2, 0.25) is 0 Å². The molecule has 4 aliphatic rings. The van der Waals surface area contributed by atoms with Crippen LogP contribution in [0.1, 0.15) is 39.5 Å². The third kappa shape index (κ3) is 2.01. The number of hydrogen-bond donors (Lipinski definition) is 4. The highest BCUT2D eigenvalue weighted by atomic mass is 19.1. The highest BCUT2D eigenvalue weighted by Crippen LogP contribution is 2.69. The smallest absolute Gasteiger partial charge is 0.192 e. The summed E-state index contributed by atoms with van der Waals surface area (Å²) in [5.74, 6) is -2.38. The maximum Gasteiger partial charge on any atom is 0.192 e. The Labute approximate surface area is 162 Å². The molecule has 0 spiro atoms. The van der Waals surface area contributed by atoms with Crippen LogP contribution in [0.2, 0.25) is 0 Å². The normalized spacial score (nSPS) is 52.5. The lowest BCUT2D eigenvalue weighted by Gasteiger charge is -2.62. The Hall–Kier alpha value is -1.41. The zero-order valence-electron chi connectivity index (χ0n) is 16.1. The van der Waals surface area contributed by atoms with Crippen molar-refractivity contribution in [1.29, 1.82) is 0 Å². The molecule has 28 heavy (non-hydrogen) atoms. The zero-order chi connectivity index (χ0) is 20.7. The average molecular weight is 394 g/mol. The van der Waals surface area contributed by atoms with Gasteiger partial charge < -0.3 is 20.4 Å². The first kappa shape index (κ1) is 19.9. The van der Waals surface area contributed by atoms with E-state index in [4.69, 9.17) is 0 Å². The van der Waals surface area contributed by atoms with E-state index in [0.717, 1.165) is 0 Å². The van der Waals surface area contributed by atoms with E-state index in [1.165, 1.54) is 18.2 Å². The summed E-state index contributed by atoms with van der Waals surface area (Å²) in [4.78, 5) is 24.2. The number of aliphatic hydroxyl groups excluding tert-OH is 3. The first-order chi connectivity index (χ1) is 13.0. The number of carbonyl (C=O) groups is 2. The van der Waals surface area contributed by atoms with Gasteiger partial charge in [-0.15, -0.1) is 0 Å². The van der Waals surface area contributed by atoms with Gasteiger partial charge in [-0.25, -0.2) is 4.39 Å². The Bertz CT molecular complexity index is 807. The summed E-state index contributed by atoms with van der Waals surface area (Å²) in [6.07, 6.45) is 1.93. The lowest BCUT2D eigenvalue weighted by molar-refractivity contribution is -0.222. The summed E-state index contributed by atoms with van der Waals surface area (Å²) < 4.78 is 16.8. The molecule has 3 saturated carbocycles. The van der Waals surface area contributed by atoms with E-state index < -0.39 is 58.5 Å². The molecule has 6 nitrogen and oxygen atoms in total. The van der Waals surface area contributed by atoms with E-state index in [1.54, 1.807) is 13.8 Å². The van der Waals surface area contributed by atoms with Gasteiger partial charge in [0.1, 0.15) is 6.61 Å². The number of rotatable bonds is 2. The molecule has 0 bridgehead atoms. The Morgan fingerprint density at radius 3 is 2.57 bits per heavy atom. The Balaban J connectivity index is 1.84. The number of ketones is 2. The molecular formula is C21H27FO6. The maximum atomic E-state index is 16.8.